The fourth-order valence-corrected chi connectivity index (χ4v) is 2.82. The molecule has 102 valence electrons. The van der Waals surface area contributed by atoms with Crippen molar-refractivity contribution in [1.82, 2.24) is 0 Å². The van der Waals surface area contributed by atoms with Crippen LogP contribution in [0.25, 0.3) is 0 Å². The van der Waals surface area contributed by atoms with Crippen molar-refractivity contribution >= 4 is 11.8 Å². The van der Waals surface area contributed by atoms with Gasteiger partial charge in [0.05, 0.1) is 0 Å². The van der Waals surface area contributed by atoms with Crippen molar-refractivity contribution in [2.75, 3.05) is 19.0 Å². The van der Waals surface area contributed by atoms with Crippen LogP contribution >= 0.6 is 11.8 Å². The smallest absolute Gasteiger partial charge is 0.166 e. The van der Waals surface area contributed by atoms with E-state index in [0.29, 0.717) is 13.2 Å². The van der Waals surface area contributed by atoms with Crippen LogP contribution in [0.1, 0.15) is 30.5 Å². The van der Waals surface area contributed by atoms with Crippen LogP contribution in [0.3, 0.4) is 0 Å². The van der Waals surface area contributed by atoms with E-state index >= 15 is 0 Å². The highest BCUT2D eigenvalue weighted by molar-refractivity contribution is 7.99. The van der Waals surface area contributed by atoms with Gasteiger partial charge in [-0.15, -0.1) is 11.8 Å². The molecule has 18 heavy (non-hydrogen) atoms. The average molecular weight is 268 g/mol. The molecule has 0 aliphatic carbocycles. The molecule has 1 rings (SSSR count). The monoisotopic (exact) mass is 268 g/mol. The second-order valence-electron chi connectivity index (χ2n) is 4.35. The normalized spacial score (nSPS) is 11.2. The first-order chi connectivity index (χ1) is 8.58. The van der Waals surface area contributed by atoms with E-state index in [4.69, 9.17) is 9.47 Å². The SMILES string of the molecule is CCOC(CSc1cc(C)c(C)cc1C)OCC. The van der Waals surface area contributed by atoms with Crippen LogP contribution in [0.4, 0.5) is 0 Å². The fraction of sp³-hybridized carbons (Fsp3) is 0.600. The predicted octanol–water partition coefficient (Wildman–Crippen LogP) is 4.10. The molecule has 1 aromatic carbocycles. The van der Waals surface area contributed by atoms with E-state index in [9.17, 15) is 0 Å². The van der Waals surface area contributed by atoms with Gasteiger partial charge in [0.25, 0.3) is 0 Å². The first-order valence-electron chi connectivity index (χ1n) is 6.52. The molecule has 0 radical (unpaired) electrons. The Kier molecular flexibility index (Phi) is 6.76. The fourth-order valence-electron chi connectivity index (χ4n) is 1.76. The molecule has 0 bridgehead atoms. The number of hydrogen-bond acceptors (Lipinski definition) is 3. The van der Waals surface area contributed by atoms with E-state index in [-0.39, 0.29) is 6.29 Å². The molecule has 0 aliphatic rings. The van der Waals surface area contributed by atoms with E-state index < -0.39 is 0 Å². The Hall–Kier alpha value is -0.510. The summed E-state index contributed by atoms with van der Waals surface area (Å²) in [5.41, 5.74) is 4.02. The quantitative estimate of drug-likeness (QED) is 0.548. The second-order valence-corrected chi connectivity index (χ2v) is 5.42. The van der Waals surface area contributed by atoms with Crippen LogP contribution in [0, 0.1) is 20.8 Å². The van der Waals surface area contributed by atoms with Crippen LogP contribution in [0.5, 0.6) is 0 Å². The van der Waals surface area contributed by atoms with Crippen molar-refractivity contribution in [1.29, 1.82) is 0 Å². The number of hydrogen-bond donors (Lipinski definition) is 0. The van der Waals surface area contributed by atoms with Crippen LogP contribution in [0.2, 0.25) is 0 Å². The highest BCUT2D eigenvalue weighted by Crippen LogP contribution is 2.26. The lowest BCUT2D eigenvalue weighted by molar-refractivity contribution is -0.120. The Morgan fingerprint density at radius 1 is 0.944 bits per heavy atom. The number of ether oxygens (including phenoxy) is 2. The molecule has 2 nitrogen and oxygen atoms in total. The molecule has 0 aliphatic heterocycles. The largest absolute Gasteiger partial charge is 0.352 e. The number of rotatable bonds is 7. The molecule has 0 aromatic heterocycles. The van der Waals surface area contributed by atoms with Crippen molar-refractivity contribution < 1.29 is 9.47 Å². The molecule has 0 N–H and O–H groups in total. The summed E-state index contributed by atoms with van der Waals surface area (Å²) >= 11 is 1.81. The van der Waals surface area contributed by atoms with Gasteiger partial charge >= 0.3 is 0 Å². The lowest BCUT2D eigenvalue weighted by Crippen LogP contribution is -2.20. The number of benzene rings is 1. The number of aryl methyl sites for hydroxylation is 3. The summed E-state index contributed by atoms with van der Waals surface area (Å²) in [5, 5.41) is 0. The van der Waals surface area contributed by atoms with Gasteiger partial charge in [-0.25, -0.2) is 0 Å². The van der Waals surface area contributed by atoms with Gasteiger partial charge in [-0.2, -0.15) is 0 Å². The molecule has 0 heterocycles. The molecule has 0 saturated carbocycles. The molecule has 3 heteroatoms. The Labute approximate surface area is 115 Å². The van der Waals surface area contributed by atoms with Gasteiger partial charge in [0.15, 0.2) is 6.29 Å². The minimum Gasteiger partial charge on any atom is -0.352 e. The average Bonchev–Trinajstić information content (AvgIpc) is 2.32. The van der Waals surface area contributed by atoms with E-state index in [0.717, 1.165) is 5.75 Å². The summed E-state index contributed by atoms with van der Waals surface area (Å²) < 4.78 is 11.1. The maximum Gasteiger partial charge on any atom is 0.166 e. The third-order valence-corrected chi connectivity index (χ3v) is 4.06. The Morgan fingerprint density at radius 2 is 1.50 bits per heavy atom. The minimum absolute atomic E-state index is 0.106. The van der Waals surface area contributed by atoms with Gasteiger partial charge in [0.2, 0.25) is 0 Å². The van der Waals surface area contributed by atoms with Gasteiger partial charge in [-0.05, 0) is 57.4 Å². The summed E-state index contributed by atoms with van der Waals surface area (Å²) in [6.07, 6.45) is -0.106. The molecular weight excluding hydrogens is 244 g/mol. The summed E-state index contributed by atoms with van der Waals surface area (Å²) in [6.45, 7) is 11.8. The zero-order chi connectivity index (χ0) is 13.5. The standard InChI is InChI=1S/C15H24O2S/c1-6-16-15(17-7-2)10-18-14-9-12(4)11(3)8-13(14)5/h8-9,15H,6-7,10H2,1-5H3. The first kappa shape index (κ1) is 15.5. The van der Waals surface area contributed by atoms with Gasteiger partial charge in [0, 0.05) is 23.9 Å². The van der Waals surface area contributed by atoms with Gasteiger partial charge in [-0.3, -0.25) is 0 Å². The molecular formula is C15H24O2S. The maximum absolute atomic E-state index is 5.55. The predicted molar refractivity (Wildman–Crippen MR) is 78.4 cm³/mol. The molecule has 0 atom stereocenters. The highest BCUT2D eigenvalue weighted by Gasteiger charge is 2.10. The summed E-state index contributed by atoms with van der Waals surface area (Å²) in [7, 11) is 0. The summed E-state index contributed by atoms with van der Waals surface area (Å²) in [6, 6.07) is 4.50. The van der Waals surface area contributed by atoms with Crippen LogP contribution in [0.15, 0.2) is 17.0 Å². The third kappa shape index (κ3) is 4.63. The van der Waals surface area contributed by atoms with Crippen molar-refractivity contribution in [2.45, 2.75) is 45.8 Å². The van der Waals surface area contributed by atoms with E-state index in [1.807, 2.05) is 25.6 Å². The van der Waals surface area contributed by atoms with Gasteiger partial charge < -0.3 is 9.47 Å². The lowest BCUT2D eigenvalue weighted by atomic mass is 10.1. The molecule has 0 fully saturated rings. The molecule has 0 saturated heterocycles. The van der Waals surface area contributed by atoms with Crippen molar-refractivity contribution in [3.63, 3.8) is 0 Å². The third-order valence-electron chi connectivity index (χ3n) is 2.87. The zero-order valence-electron chi connectivity index (χ0n) is 12.1. The molecule has 0 amide bonds. The summed E-state index contributed by atoms with van der Waals surface area (Å²) in [5.74, 6) is 0.838. The Balaban J connectivity index is 2.64. The highest BCUT2D eigenvalue weighted by atomic mass is 32.2. The molecule has 0 spiro atoms. The molecule has 0 unspecified atom stereocenters. The van der Waals surface area contributed by atoms with Crippen molar-refractivity contribution in [3.8, 4) is 0 Å². The zero-order valence-corrected chi connectivity index (χ0v) is 12.9. The van der Waals surface area contributed by atoms with E-state index in [2.05, 4.69) is 32.9 Å². The number of thioether (sulfide) groups is 1. The van der Waals surface area contributed by atoms with E-state index in [1.165, 1.54) is 21.6 Å². The van der Waals surface area contributed by atoms with Crippen LogP contribution in [-0.2, 0) is 9.47 Å². The van der Waals surface area contributed by atoms with Crippen LogP contribution < -0.4 is 0 Å². The van der Waals surface area contributed by atoms with Crippen molar-refractivity contribution in [2.24, 2.45) is 0 Å². The topological polar surface area (TPSA) is 18.5 Å². The van der Waals surface area contributed by atoms with E-state index in [1.54, 1.807) is 0 Å². The minimum atomic E-state index is -0.106. The van der Waals surface area contributed by atoms with Crippen LogP contribution in [-0.4, -0.2) is 25.3 Å². The molecule has 1 aromatic rings. The summed E-state index contributed by atoms with van der Waals surface area (Å²) in [4.78, 5) is 1.32. The van der Waals surface area contributed by atoms with Crippen molar-refractivity contribution in [3.05, 3.63) is 28.8 Å². The maximum atomic E-state index is 5.55. The lowest BCUT2D eigenvalue weighted by Gasteiger charge is -2.17. The Morgan fingerprint density at radius 3 is 2.06 bits per heavy atom. The second kappa shape index (κ2) is 7.82. The van der Waals surface area contributed by atoms with Gasteiger partial charge in [0.1, 0.15) is 0 Å². The first-order valence-corrected chi connectivity index (χ1v) is 7.50. The Bertz CT molecular complexity index is 371. The van der Waals surface area contributed by atoms with Gasteiger partial charge in [-0.1, -0.05) is 6.07 Å².